The Kier molecular flexibility index (Phi) is 4.29. The third-order valence-electron chi connectivity index (χ3n) is 3.40. The van der Waals surface area contributed by atoms with Gasteiger partial charge in [0.2, 0.25) is 0 Å². The van der Waals surface area contributed by atoms with Gasteiger partial charge in [0, 0.05) is 12.3 Å². The monoisotopic (exact) mass is 344 g/mol. The summed E-state index contributed by atoms with van der Waals surface area (Å²) in [4.78, 5) is 15.3. The number of hydrogen-bond donors (Lipinski definition) is 1. The van der Waals surface area contributed by atoms with Crippen LogP contribution < -0.4 is 9.47 Å². The third-order valence-corrected chi connectivity index (χ3v) is 3.40. The number of aromatic carboxylic acids is 1. The molecule has 1 aromatic carbocycles. The molecule has 0 aliphatic carbocycles. The van der Waals surface area contributed by atoms with Crippen molar-refractivity contribution in [3.63, 3.8) is 0 Å². The maximum Gasteiger partial charge on any atom is 0.358 e. The van der Waals surface area contributed by atoms with E-state index in [1.54, 1.807) is 18.2 Å². The van der Waals surface area contributed by atoms with Crippen molar-refractivity contribution in [2.24, 2.45) is 10.2 Å². The van der Waals surface area contributed by atoms with Gasteiger partial charge in [0.25, 0.3) is 0 Å². The van der Waals surface area contributed by atoms with Crippen molar-refractivity contribution in [3.05, 3.63) is 48.0 Å². The fraction of sp³-hybridized carbons (Fsp3) is 0.125. The van der Waals surface area contributed by atoms with Crippen molar-refractivity contribution in [1.82, 2.24) is 9.38 Å². The summed E-state index contributed by atoms with van der Waals surface area (Å²) in [5.74, 6) is -1.02. The van der Waals surface area contributed by atoms with Crippen molar-refractivity contribution in [1.29, 1.82) is 0 Å². The Morgan fingerprint density at radius 2 is 2.00 bits per heavy atom. The molecule has 3 aromatic rings. The molecule has 1 N–H and O–H groups in total. The average Bonchev–Trinajstić information content (AvgIpc) is 2.97. The molecule has 0 amide bonds. The van der Waals surface area contributed by atoms with E-state index in [1.807, 2.05) is 0 Å². The lowest BCUT2D eigenvalue weighted by molar-refractivity contribution is 0.0692. The van der Waals surface area contributed by atoms with E-state index in [1.165, 1.54) is 30.8 Å². The number of methoxy groups -OCH3 is 2. The topological polar surface area (TPSA) is 97.8 Å². The highest BCUT2D eigenvalue weighted by molar-refractivity contribution is 5.91. The first-order chi connectivity index (χ1) is 12.0. The molecule has 128 valence electrons. The van der Waals surface area contributed by atoms with Gasteiger partial charge in [-0.2, -0.15) is 0 Å². The summed E-state index contributed by atoms with van der Waals surface area (Å²) < 4.78 is 25.0. The molecular weight excluding hydrogens is 331 g/mol. The number of ether oxygens (including phenoxy) is 2. The predicted octanol–water partition coefficient (Wildman–Crippen LogP) is 3.60. The standard InChI is InChI=1S/C16H13FN4O4/c1-24-10-4-5-12(25-2)11(7-10)19-20-15-14(16(22)23)18-13-6-3-9(17)8-21(13)15/h3-8H,1-2H3,(H,22,23). The molecular formula is C16H13FN4O4. The second kappa shape index (κ2) is 6.56. The zero-order valence-electron chi connectivity index (χ0n) is 13.3. The van der Waals surface area contributed by atoms with E-state index < -0.39 is 11.8 Å². The van der Waals surface area contributed by atoms with Crippen LogP contribution in [0.5, 0.6) is 11.5 Å². The van der Waals surface area contributed by atoms with Crippen LogP contribution in [0.4, 0.5) is 15.9 Å². The number of pyridine rings is 1. The van der Waals surface area contributed by atoms with E-state index in [2.05, 4.69) is 15.2 Å². The van der Waals surface area contributed by atoms with Gasteiger partial charge in [-0.05, 0) is 24.3 Å². The number of imidazole rings is 1. The number of carboxylic acid groups (broad SMARTS) is 1. The van der Waals surface area contributed by atoms with Crippen LogP contribution in [0.25, 0.3) is 5.65 Å². The summed E-state index contributed by atoms with van der Waals surface area (Å²) in [5.41, 5.74) is 0.228. The Balaban J connectivity index is 2.14. The fourth-order valence-electron chi connectivity index (χ4n) is 2.22. The van der Waals surface area contributed by atoms with E-state index in [0.717, 1.165) is 6.20 Å². The summed E-state index contributed by atoms with van der Waals surface area (Å²) in [5, 5.41) is 17.3. The third kappa shape index (κ3) is 3.11. The average molecular weight is 344 g/mol. The minimum absolute atomic E-state index is 0.105. The van der Waals surface area contributed by atoms with Crippen LogP contribution in [0, 0.1) is 5.82 Å². The second-order valence-electron chi connectivity index (χ2n) is 4.90. The highest BCUT2D eigenvalue weighted by Crippen LogP contribution is 2.33. The van der Waals surface area contributed by atoms with E-state index in [-0.39, 0.29) is 17.2 Å². The summed E-state index contributed by atoms with van der Waals surface area (Å²) in [6.45, 7) is 0. The van der Waals surface area contributed by atoms with Crippen molar-refractivity contribution in [2.45, 2.75) is 0 Å². The summed E-state index contributed by atoms with van der Waals surface area (Å²) >= 11 is 0. The van der Waals surface area contributed by atoms with Gasteiger partial charge >= 0.3 is 5.97 Å². The molecule has 2 heterocycles. The summed E-state index contributed by atoms with van der Waals surface area (Å²) in [6, 6.07) is 7.43. The molecule has 0 saturated carbocycles. The molecule has 9 heteroatoms. The van der Waals surface area contributed by atoms with Gasteiger partial charge in [-0.25, -0.2) is 14.2 Å². The van der Waals surface area contributed by atoms with E-state index in [0.29, 0.717) is 17.2 Å². The van der Waals surface area contributed by atoms with E-state index >= 15 is 0 Å². The number of aromatic nitrogens is 2. The van der Waals surface area contributed by atoms with Crippen LogP contribution in [0.3, 0.4) is 0 Å². The first-order valence-corrected chi connectivity index (χ1v) is 7.08. The number of benzene rings is 1. The largest absolute Gasteiger partial charge is 0.497 e. The fourth-order valence-corrected chi connectivity index (χ4v) is 2.22. The molecule has 0 fully saturated rings. The summed E-state index contributed by atoms with van der Waals surface area (Å²) in [6.07, 6.45) is 1.09. The van der Waals surface area contributed by atoms with Crippen LogP contribution in [0.1, 0.15) is 10.5 Å². The Morgan fingerprint density at radius 1 is 1.20 bits per heavy atom. The van der Waals surface area contributed by atoms with Crippen molar-refractivity contribution in [3.8, 4) is 11.5 Å². The molecule has 0 bridgehead atoms. The minimum atomic E-state index is -1.30. The van der Waals surface area contributed by atoms with Crippen molar-refractivity contribution < 1.29 is 23.8 Å². The normalized spacial score (nSPS) is 11.2. The molecule has 0 saturated heterocycles. The van der Waals surface area contributed by atoms with Gasteiger partial charge in [-0.3, -0.25) is 4.40 Å². The predicted molar refractivity (Wildman–Crippen MR) is 85.8 cm³/mol. The zero-order chi connectivity index (χ0) is 18.0. The van der Waals surface area contributed by atoms with Crippen LogP contribution in [0.15, 0.2) is 46.8 Å². The number of azo groups is 1. The quantitative estimate of drug-likeness (QED) is 0.713. The Bertz CT molecular complexity index is 984. The van der Waals surface area contributed by atoms with Gasteiger partial charge < -0.3 is 14.6 Å². The molecule has 3 rings (SSSR count). The van der Waals surface area contributed by atoms with Crippen LogP contribution in [-0.4, -0.2) is 34.7 Å². The lowest BCUT2D eigenvalue weighted by atomic mass is 10.3. The highest BCUT2D eigenvalue weighted by Gasteiger charge is 2.19. The molecule has 0 radical (unpaired) electrons. The number of nitrogens with zero attached hydrogens (tertiary/aromatic N) is 4. The minimum Gasteiger partial charge on any atom is -0.497 e. The number of hydrogen-bond acceptors (Lipinski definition) is 6. The Hall–Kier alpha value is -3.49. The maximum atomic E-state index is 13.5. The molecule has 25 heavy (non-hydrogen) atoms. The zero-order valence-corrected chi connectivity index (χ0v) is 13.3. The van der Waals surface area contributed by atoms with Crippen molar-refractivity contribution in [2.75, 3.05) is 14.2 Å². The van der Waals surface area contributed by atoms with Gasteiger partial charge in [-0.1, -0.05) is 0 Å². The van der Waals surface area contributed by atoms with Gasteiger partial charge in [-0.15, -0.1) is 10.2 Å². The lowest BCUT2D eigenvalue weighted by Crippen LogP contribution is -1.96. The molecule has 0 spiro atoms. The molecule has 8 nitrogen and oxygen atoms in total. The van der Waals surface area contributed by atoms with Crippen molar-refractivity contribution >= 4 is 23.1 Å². The van der Waals surface area contributed by atoms with Crippen LogP contribution >= 0.6 is 0 Å². The van der Waals surface area contributed by atoms with Gasteiger partial charge in [0.05, 0.1) is 14.2 Å². The lowest BCUT2D eigenvalue weighted by Gasteiger charge is -2.05. The number of carbonyl (C=O) groups is 1. The number of rotatable bonds is 5. The Morgan fingerprint density at radius 3 is 2.68 bits per heavy atom. The van der Waals surface area contributed by atoms with Crippen LogP contribution in [0.2, 0.25) is 0 Å². The van der Waals surface area contributed by atoms with Crippen LogP contribution in [-0.2, 0) is 0 Å². The Labute approximate surface area is 141 Å². The van der Waals surface area contributed by atoms with E-state index in [9.17, 15) is 14.3 Å². The second-order valence-corrected chi connectivity index (χ2v) is 4.90. The first kappa shape index (κ1) is 16.4. The first-order valence-electron chi connectivity index (χ1n) is 7.08. The smallest absolute Gasteiger partial charge is 0.358 e. The molecule has 2 aromatic heterocycles. The van der Waals surface area contributed by atoms with Gasteiger partial charge in [0.1, 0.15) is 28.7 Å². The van der Waals surface area contributed by atoms with E-state index in [4.69, 9.17) is 9.47 Å². The number of halogens is 1. The molecule has 0 aliphatic rings. The highest BCUT2D eigenvalue weighted by atomic mass is 19.1. The number of fused-ring (bicyclic) bond motifs is 1. The summed E-state index contributed by atoms with van der Waals surface area (Å²) in [7, 11) is 2.96. The SMILES string of the molecule is COc1ccc(OC)c(N=Nc2c(C(=O)O)nc3ccc(F)cn23)c1. The molecule has 0 atom stereocenters. The maximum absolute atomic E-state index is 13.5. The number of carboxylic acids is 1. The van der Waals surface area contributed by atoms with Gasteiger partial charge in [0.15, 0.2) is 11.5 Å². The molecule has 0 aliphatic heterocycles. The molecule has 0 unspecified atom stereocenters.